The smallest absolute Gasteiger partial charge is 0.116 e. The third kappa shape index (κ3) is 1.45. The number of nitrogens with two attached hydrogens (primary N) is 1. The third-order valence-corrected chi connectivity index (χ3v) is 1.84. The van der Waals surface area contributed by atoms with E-state index < -0.39 is 0 Å². The molecule has 0 unspecified atom stereocenters. The van der Waals surface area contributed by atoms with E-state index in [2.05, 4.69) is 0 Å². The molecule has 0 bridgehead atoms. The summed E-state index contributed by atoms with van der Waals surface area (Å²) in [5, 5.41) is 9.19. The summed E-state index contributed by atoms with van der Waals surface area (Å²) in [7, 11) is 0. The summed E-state index contributed by atoms with van der Waals surface area (Å²) < 4.78 is 0. The molecule has 0 aliphatic rings. The molecule has 2 nitrogen and oxygen atoms in total. The number of nitrogen functional groups attached to an aromatic ring is 1. The maximum Gasteiger partial charge on any atom is 0.116 e. The normalized spacial score (nSPS) is 10.0. The molecule has 1 aromatic carbocycles. The van der Waals surface area contributed by atoms with Gasteiger partial charge in [-0.25, -0.2) is 0 Å². The van der Waals surface area contributed by atoms with Gasteiger partial charge in [-0.15, -0.1) is 0 Å². The van der Waals surface area contributed by atoms with Crippen LogP contribution in [0.5, 0.6) is 5.75 Å². The van der Waals surface area contributed by atoms with Gasteiger partial charge in [-0.1, -0.05) is 6.92 Å². The van der Waals surface area contributed by atoms with Crippen molar-refractivity contribution in [2.45, 2.75) is 20.3 Å². The lowest BCUT2D eigenvalue weighted by Gasteiger charge is -2.06. The van der Waals surface area contributed by atoms with Gasteiger partial charge in [0.1, 0.15) is 5.75 Å². The Morgan fingerprint density at radius 2 is 2.09 bits per heavy atom. The lowest BCUT2D eigenvalue weighted by molar-refractivity contribution is 0.474. The van der Waals surface area contributed by atoms with E-state index in [0.717, 1.165) is 23.2 Å². The number of phenols is 1. The highest BCUT2D eigenvalue weighted by Crippen LogP contribution is 2.23. The van der Waals surface area contributed by atoms with Gasteiger partial charge in [0.2, 0.25) is 0 Å². The SMILES string of the molecule is CCc1cc(O)cc(C)c1N. The van der Waals surface area contributed by atoms with Crippen molar-refractivity contribution >= 4 is 5.69 Å². The zero-order valence-corrected chi connectivity index (χ0v) is 6.89. The van der Waals surface area contributed by atoms with Crippen LogP contribution in [0.1, 0.15) is 18.1 Å². The second kappa shape index (κ2) is 2.82. The van der Waals surface area contributed by atoms with E-state index in [1.165, 1.54) is 0 Å². The summed E-state index contributed by atoms with van der Waals surface area (Å²) in [6.07, 6.45) is 0.862. The Bertz CT molecular complexity index is 269. The van der Waals surface area contributed by atoms with Gasteiger partial charge in [-0.05, 0) is 36.6 Å². The van der Waals surface area contributed by atoms with Crippen molar-refractivity contribution in [3.8, 4) is 5.75 Å². The van der Waals surface area contributed by atoms with Crippen molar-refractivity contribution in [2.75, 3.05) is 5.73 Å². The highest BCUT2D eigenvalue weighted by Gasteiger charge is 2.01. The molecule has 3 N–H and O–H groups in total. The molecule has 0 fully saturated rings. The van der Waals surface area contributed by atoms with Gasteiger partial charge in [-0.2, -0.15) is 0 Å². The Morgan fingerprint density at radius 3 is 2.64 bits per heavy atom. The maximum absolute atomic E-state index is 9.19. The van der Waals surface area contributed by atoms with Crippen molar-refractivity contribution in [1.82, 2.24) is 0 Å². The van der Waals surface area contributed by atoms with E-state index in [-0.39, 0.29) is 0 Å². The number of benzene rings is 1. The van der Waals surface area contributed by atoms with Gasteiger partial charge in [0, 0.05) is 5.69 Å². The van der Waals surface area contributed by atoms with E-state index in [0.29, 0.717) is 5.75 Å². The molecule has 60 valence electrons. The Morgan fingerprint density at radius 1 is 1.45 bits per heavy atom. The lowest BCUT2D eigenvalue weighted by atomic mass is 10.1. The molecule has 1 aromatic rings. The summed E-state index contributed by atoms with van der Waals surface area (Å²) in [6, 6.07) is 3.39. The number of hydrogen-bond donors (Lipinski definition) is 2. The predicted molar refractivity (Wildman–Crippen MR) is 46.6 cm³/mol. The van der Waals surface area contributed by atoms with Crippen LogP contribution in [0, 0.1) is 6.92 Å². The van der Waals surface area contributed by atoms with Crippen LogP contribution in [0.25, 0.3) is 0 Å². The zero-order valence-electron chi connectivity index (χ0n) is 6.89. The molecule has 0 spiro atoms. The number of hydrogen-bond acceptors (Lipinski definition) is 2. The number of phenolic OH excluding ortho intramolecular Hbond substituents is 1. The average molecular weight is 151 g/mol. The fourth-order valence-corrected chi connectivity index (χ4v) is 1.14. The van der Waals surface area contributed by atoms with E-state index >= 15 is 0 Å². The molecular formula is C9H13NO. The molecule has 0 aliphatic heterocycles. The van der Waals surface area contributed by atoms with Gasteiger partial charge < -0.3 is 10.8 Å². The highest BCUT2D eigenvalue weighted by atomic mass is 16.3. The summed E-state index contributed by atoms with van der Waals surface area (Å²) >= 11 is 0. The largest absolute Gasteiger partial charge is 0.508 e. The number of aryl methyl sites for hydroxylation is 2. The maximum atomic E-state index is 9.19. The molecule has 0 saturated carbocycles. The molecule has 0 radical (unpaired) electrons. The van der Waals surface area contributed by atoms with Gasteiger partial charge in [-0.3, -0.25) is 0 Å². The second-order valence-corrected chi connectivity index (χ2v) is 2.69. The van der Waals surface area contributed by atoms with Crippen LogP contribution in [-0.4, -0.2) is 5.11 Å². The van der Waals surface area contributed by atoms with Crippen LogP contribution in [0.3, 0.4) is 0 Å². The molecule has 0 aromatic heterocycles. The fraction of sp³-hybridized carbons (Fsp3) is 0.333. The fourth-order valence-electron chi connectivity index (χ4n) is 1.14. The van der Waals surface area contributed by atoms with Crippen LogP contribution in [0.15, 0.2) is 12.1 Å². The monoisotopic (exact) mass is 151 g/mol. The van der Waals surface area contributed by atoms with E-state index in [1.807, 2.05) is 13.8 Å². The van der Waals surface area contributed by atoms with E-state index in [4.69, 9.17) is 5.73 Å². The molecule has 0 heterocycles. The first-order valence-electron chi connectivity index (χ1n) is 3.73. The van der Waals surface area contributed by atoms with Crippen LogP contribution in [-0.2, 0) is 6.42 Å². The van der Waals surface area contributed by atoms with Crippen LogP contribution in [0.2, 0.25) is 0 Å². The Balaban J connectivity index is 3.24. The van der Waals surface area contributed by atoms with E-state index in [9.17, 15) is 5.11 Å². The van der Waals surface area contributed by atoms with Crippen LogP contribution in [0.4, 0.5) is 5.69 Å². The Labute approximate surface area is 66.7 Å². The van der Waals surface area contributed by atoms with Gasteiger partial charge in [0.05, 0.1) is 0 Å². The van der Waals surface area contributed by atoms with Crippen molar-refractivity contribution in [3.05, 3.63) is 23.3 Å². The van der Waals surface area contributed by atoms with Gasteiger partial charge in [0.25, 0.3) is 0 Å². The molecule has 0 aliphatic carbocycles. The molecule has 0 amide bonds. The van der Waals surface area contributed by atoms with Crippen molar-refractivity contribution in [3.63, 3.8) is 0 Å². The first kappa shape index (κ1) is 7.92. The Hall–Kier alpha value is -1.18. The number of aromatic hydroxyl groups is 1. The number of anilines is 1. The quantitative estimate of drug-likeness (QED) is 0.475. The third-order valence-electron chi connectivity index (χ3n) is 1.84. The topological polar surface area (TPSA) is 46.2 Å². The zero-order chi connectivity index (χ0) is 8.43. The highest BCUT2D eigenvalue weighted by molar-refractivity contribution is 5.56. The molecular weight excluding hydrogens is 138 g/mol. The van der Waals surface area contributed by atoms with Gasteiger partial charge >= 0.3 is 0 Å². The second-order valence-electron chi connectivity index (χ2n) is 2.69. The first-order chi connectivity index (χ1) is 5.15. The standard InChI is InChI=1S/C9H13NO/c1-3-7-5-8(11)4-6(2)9(7)10/h4-5,11H,3,10H2,1-2H3. The van der Waals surface area contributed by atoms with Crippen LogP contribution < -0.4 is 5.73 Å². The number of rotatable bonds is 1. The summed E-state index contributed by atoms with van der Waals surface area (Å²) in [5.41, 5.74) is 8.51. The molecule has 2 heteroatoms. The first-order valence-corrected chi connectivity index (χ1v) is 3.73. The molecule has 0 atom stereocenters. The Kier molecular flexibility index (Phi) is 2.03. The summed E-state index contributed by atoms with van der Waals surface area (Å²) in [6.45, 7) is 3.92. The van der Waals surface area contributed by atoms with Gasteiger partial charge in [0.15, 0.2) is 0 Å². The predicted octanol–water partition coefficient (Wildman–Crippen LogP) is 1.85. The molecule has 0 saturated heterocycles. The van der Waals surface area contributed by atoms with Crippen molar-refractivity contribution in [1.29, 1.82) is 0 Å². The van der Waals surface area contributed by atoms with Crippen molar-refractivity contribution in [2.24, 2.45) is 0 Å². The average Bonchev–Trinajstić information content (AvgIpc) is 1.96. The minimum atomic E-state index is 0.300. The summed E-state index contributed by atoms with van der Waals surface area (Å²) in [5.74, 6) is 0.300. The molecule has 11 heavy (non-hydrogen) atoms. The van der Waals surface area contributed by atoms with E-state index in [1.54, 1.807) is 12.1 Å². The van der Waals surface area contributed by atoms with Crippen LogP contribution >= 0.6 is 0 Å². The minimum absolute atomic E-state index is 0.300. The van der Waals surface area contributed by atoms with Crippen molar-refractivity contribution < 1.29 is 5.11 Å². The molecule has 1 rings (SSSR count). The summed E-state index contributed by atoms with van der Waals surface area (Å²) in [4.78, 5) is 0. The lowest BCUT2D eigenvalue weighted by Crippen LogP contribution is -1.95. The minimum Gasteiger partial charge on any atom is -0.508 e.